The Bertz CT molecular complexity index is 1230. The van der Waals surface area contributed by atoms with Crippen molar-refractivity contribution in [3.63, 3.8) is 0 Å². The van der Waals surface area contributed by atoms with Crippen molar-refractivity contribution >= 4 is 5.97 Å². The molecule has 0 aliphatic carbocycles. The molecule has 0 saturated heterocycles. The van der Waals surface area contributed by atoms with Gasteiger partial charge in [-0.05, 0) is 96.0 Å². The lowest BCUT2D eigenvalue weighted by atomic mass is 9.69. The monoisotopic (exact) mass is 500 g/mol. The Morgan fingerprint density at radius 3 is 2.05 bits per heavy atom. The number of carbonyl (C=O) groups excluding carboxylic acids is 1. The van der Waals surface area contributed by atoms with E-state index in [1.165, 1.54) is 34.9 Å². The van der Waals surface area contributed by atoms with Crippen molar-refractivity contribution in [1.82, 2.24) is 0 Å². The van der Waals surface area contributed by atoms with Gasteiger partial charge in [-0.3, -0.25) is 0 Å². The van der Waals surface area contributed by atoms with E-state index < -0.39 is 0 Å². The van der Waals surface area contributed by atoms with Crippen LogP contribution in [0.1, 0.15) is 92.1 Å². The summed E-state index contributed by atoms with van der Waals surface area (Å²) >= 11 is 0. The first-order valence-corrected chi connectivity index (χ1v) is 13.5. The van der Waals surface area contributed by atoms with Gasteiger partial charge in [-0.15, -0.1) is 0 Å². The van der Waals surface area contributed by atoms with E-state index in [0.29, 0.717) is 5.56 Å². The van der Waals surface area contributed by atoms with Gasteiger partial charge >= 0.3 is 5.97 Å². The third kappa shape index (κ3) is 6.15. The van der Waals surface area contributed by atoms with Gasteiger partial charge in [-0.1, -0.05) is 83.1 Å². The average molecular weight is 501 g/mol. The second kappa shape index (κ2) is 11.6. The Labute approximate surface area is 223 Å². The molecule has 0 aliphatic rings. The third-order valence-corrected chi connectivity index (χ3v) is 8.16. The zero-order chi connectivity index (χ0) is 27.4. The smallest absolute Gasteiger partial charge is 0.337 e. The number of benzene rings is 3. The van der Waals surface area contributed by atoms with Crippen molar-refractivity contribution in [1.29, 1.82) is 0 Å². The number of hydrogen-bond donors (Lipinski definition) is 1. The van der Waals surface area contributed by atoms with E-state index in [-0.39, 0.29) is 22.9 Å². The summed E-state index contributed by atoms with van der Waals surface area (Å²) in [6, 6.07) is 21.3. The number of carbonyl (C=O) groups is 1. The Kier molecular flexibility index (Phi) is 9.02. The summed E-state index contributed by atoms with van der Waals surface area (Å²) in [5, 5.41) is 10.5. The molecule has 0 fully saturated rings. The third-order valence-electron chi connectivity index (χ3n) is 8.16. The van der Waals surface area contributed by atoms with Gasteiger partial charge in [0, 0.05) is 5.41 Å². The summed E-state index contributed by atoms with van der Waals surface area (Å²) in [5.74, 6) is -0.321. The predicted octanol–water partition coefficient (Wildman–Crippen LogP) is 8.20. The van der Waals surface area contributed by atoms with Crippen LogP contribution in [-0.2, 0) is 16.6 Å². The predicted molar refractivity (Wildman–Crippen MR) is 154 cm³/mol. The maximum absolute atomic E-state index is 12.0. The number of aliphatic hydroxyl groups is 1. The Balaban J connectivity index is 1.95. The fraction of sp³-hybridized carbons (Fsp3) is 0.441. The van der Waals surface area contributed by atoms with Crippen molar-refractivity contribution in [3.8, 4) is 11.1 Å². The molecule has 0 radical (unpaired) electrons. The lowest BCUT2D eigenvalue weighted by molar-refractivity contribution is 0.0559. The molecule has 0 saturated carbocycles. The lowest BCUT2D eigenvalue weighted by Crippen LogP contribution is -2.27. The van der Waals surface area contributed by atoms with Crippen molar-refractivity contribution in [2.75, 3.05) is 7.11 Å². The van der Waals surface area contributed by atoms with Crippen molar-refractivity contribution in [2.24, 2.45) is 5.41 Å². The number of esters is 1. The molecule has 1 N–H and O–H groups in total. The van der Waals surface area contributed by atoms with E-state index in [1.807, 2.05) is 18.2 Å². The molecule has 3 aromatic rings. The van der Waals surface area contributed by atoms with E-state index in [2.05, 4.69) is 84.9 Å². The summed E-state index contributed by atoms with van der Waals surface area (Å²) < 4.78 is 4.91. The second-order valence-corrected chi connectivity index (χ2v) is 11.5. The summed E-state index contributed by atoms with van der Waals surface area (Å²) in [7, 11) is 1.41. The van der Waals surface area contributed by atoms with Crippen LogP contribution in [0, 0.1) is 19.3 Å². The van der Waals surface area contributed by atoms with Crippen LogP contribution in [0.2, 0.25) is 0 Å². The molecule has 0 aromatic heterocycles. The number of hydrogen-bond acceptors (Lipinski definition) is 3. The van der Waals surface area contributed by atoms with Gasteiger partial charge < -0.3 is 9.84 Å². The standard InChI is InChI=1S/C34H44O3/c1-9-34(10-2,28-16-14-25(23(3)20-28)15-19-31(35)33(5,6)7)29-17-18-30(24(4)21-29)26-12-11-13-27(22-26)32(36)37-8/h11-14,16-18,20-22,31,35H,9-10,15,19H2,1-8H3. The maximum Gasteiger partial charge on any atom is 0.337 e. The fourth-order valence-corrected chi connectivity index (χ4v) is 5.45. The van der Waals surface area contributed by atoms with E-state index >= 15 is 0 Å². The molecule has 37 heavy (non-hydrogen) atoms. The molecule has 1 atom stereocenters. The van der Waals surface area contributed by atoms with E-state index in [0.717, 1.165) is 36.8 Å². The average Bonchev–Trinajstić information content (AvgIpc) is 2.88. The highest BCUT2D eigenvalue weighted by molar-refractivity contribution is 5.91. The van der Waals surface area contributed by atoms with Gasteiger partial charge in [0.05, 0.1) is 18.8 Å². The molecular formula is C34H44O3. The van der Waals surface area contributed by atoms with Gasteiger partial charge in [0.2, 0.25) is 0 Å². The molecule has 0 aliphatic heterocycles. The molecule has 198 valence electrons. The minimum atomic E-state index is -0.321. The first-order valence-electron chi connectivity index (χ1n) is 13.5. The summed E-state index contributed by atoms with van der Waals surface area (Å²) in [6.45, 7) is 15.2. The van der Waals surface area contributed by atoms with Gasteiger partial charge in [0.25, 0.3) is 0 Å². The quantitative estimate of drug-likeness (QED) is 0.301. The van der Waals surface area contributed by atoms with Crippen LogP contribution in [0.4, 0.5) is 0 Å². The van der Waals surface area contributed by atoms with Crippen LogP contribution in [-0.4, -0.2) is 24.3 Å². The molecule has 3 rings (SSSR count). The number of ether oxygens (including phenoxy) is 1. The molecular weight excluding hydrogens is 456 g/mol. The fourth-order valence-electron chi connectivity index (χ4n) is 5.45. The van der Waals surface area contributed by atoms with Crippen LogP contribution < -0.4 is 0 Å². The number of rotatable bonds is 9. The topological polar surface area (TPSA) is 46.5 Å². The van der Waals surface area contributed by atoms with Crippen LogP contribution in [0.25, 0.3) is 11.1 Å². The summed E-state index contributed by atoms with van der Waals surface area (Å²) in [5.41, 5.74) is 8.98. The molecule has 0 heterocycles. The van der Waals surface area contributed by atoms with E-state index in [1.54, 1.807) is 6.07 Å². The van der Waals surface area contributed by atoms with Gasteiger partial charge in [-0.25, -0.2) is 4.79 Å². The van der Waals surface area contributed by atoms with Crippen LogP contribution in [0.5, 0.6) is 0 Å². The second-order valence-electron chi connectivity index (χ2n) is 11.5. The molecule has 1 unspecified atom stereocenters. The summed E-state index contributed by atoms with van der Waals surface area (Å²) in [6.07, 6.45) is 3.35. The van der Waals surface area contributed by atoms with Gasteiger partial charge in [-0.2, -0.15) is 0 Å². The maximum atomic E-state index is 12.0. The van der Waals surface area contributed by atoms with Crippen molar-refractivity contribution in [3.05, 3.63) is 94.0 Å². The number of aliphatic hydroxyl groups excluding tert-OH is 1. The highest BCUT2D eigenvalue weighted by Gasteiger charge is 2.31. The molecule has 0 amide bonds. The van der Waals surface area contributed by atoms with Gasteiger partial charge in [0.1, 0.15) is 0 Å². The molecule has 0 spiro atoms. The van der Waals surface area contributed by atoms with E-state index in [9.17, 15) is 9.90 Å². The highest BCUT2D eigenvalue weighted by atomic mass is 16.5. The normalized spacial score (nSPS) is 12.9. The lowest BCUT2D eigenvalue weighted by Gasteiger charge is -2.34. The number of aryl methyl sites for hydroxylation is 3. The zero-order valence-corrected chi connectivity index (χ0v) is 23.9. The zero-order valence-electron chi connectivity index (χ0n) is 23.9. The van der Waals surface area contributed by atoms with Crippen molar-refractivity contribution in [2.45, 2.75) is 85.7 Å². The first-order chi connectivity index (χ1) is 17.5. The molecule has 0 bridgehead atoms. The first kappa shape index (κ1) is 28.7. The van der Waals surface area contributed by atoms with Crippen LogP contribution >= 0.6 is 0 Å². The minimum absolute atomic E-state index is 0.0780. The van der Waals surface area contributed by atoms with Crippen LogP contribution in [0.15, 0.2) is 60.7 Å². The SMILES string of the molecule is CCC(CC)(c1ccc(CCC(O)C(C)(C)C)c(C)c1)c1ccc(-c2cccc(C(=O)OC)c2)c(C)c1. The largest absolute Gasteiger partial charge is 0.465 e. The minimum Gasteiger partial charge on any atom is -0.465 e. The van der Waals surface area contributed by atoms with Gasteiger partial charge in [0.15, 0.2) is 0 Å². The molecule has 3 aromatic carbocycles. The molecule has 3 nitrogen and oxygen atoms in total. The van der Waals surface area contributed by atoms with Crippen molar-refractivity contribution < 1.29 is 14.6 Å². The Morgan fingerprint density at radius 1 is 0.892 bits per heavy atom. The number of methoxy groups -OCH3 is 1. The van der Waals surface area contributed by atoms with Crippen LogP contribution in [0.3, 0.4) is 0 Å². The Morgan fingerprint density at radius 2 is 1.51 bits per heavy atom. The summed E-state index contributed by atoms with van der Waals surface area (Å²) in [4.78, 5) is 12.0. The Hall–Kier alpha value is -2.91. The molecule has 3 heteroatoms. The highest BCUT2D eigenvalue weighted by Crippen LogP contribution is 2.41. The van der Waals surface area contributed by atoms with E-state index in [4.69, 9.17) is 4.74 Å².